The van der Waals surface area contributed by atoms with Gasteiger partial charge in [-0.2, -0.15) is 8.42 Å². The molecule has 31 heavy (non-hydrogen) atoms. The molecule has 0 radical (unpaired) electrons. The first-order chi connectivity index (χ1) is 14.6. The maximum atomic E-state index is 15.0. The van der Waals surface area contributed by atoms with Gasteiger partial charge in [0.2, 0.25) is 0 Å². The Bertz CT molecular complexity index is 1120. The second-order valence-corrected chi connectivity index (χ2v) is 9.88. The van der Waals surface area contributed by atoms with Crippen LogP contribution in [-0.2, 0) is 16.5 Å². The molecule has 0 bridgehead atoms. The Labute approximate surface area is 182 Å². The van der Waals surface area contributed by atoms with Gasteiger partial charge in [0.15, 0.2) is 0 Å². The summed E-state index contributed by atoms with van der Waals surface area (Å²) < 4.78 is 42.5. The molecular formula is C22H26FN3O4S. The van der Waals surface area contributed by atoms with Crippen LogP contribution in [0.5, 0.6) is 5.75 Å². The summed E-state index contributed by atoms with van der Waals surface area (Å²) in [6.07, 6.45) is 2.48. The molecule has 1 saturated heterocycles. The second kappa shape index (κ2) is 8.12. The van der Waals surface area contributed by atoms with Crippen molar-refractivity contribution in [2.45, 2.75) is 18.9 Å². The van der Waals surface area contributed by atoms with Gasteiger partial charge >= 0.3 is 10.1 Å². The average molecular weight is 448 g/mol. The summed E-state index contributed by atoms with van der Waals surface area (Å²) in [6, 6.07) is 9.93. The fourth-order valence-corrected chi connectivity index (χ4v) is 4.69. The molecule has 1 fully saturated rings. The van der Waals surface area contributed by atoms with Crippen LogP contribution in [0, 0.1) is 5.82 Å². The Balaban J connectivity index is 1.53. The molecule has 0 aromatic heterocycles. The lowest BCUT2D eigenvalue weighted by Gasteiger charge is -2.29. The molecule has 2 aromatic carbocycles. The fraction of sp³-hybridized carbons (Fsp3) is 0.409. The zero-order valence-corrected chi connectivity index (χ0v) is 18.7. The zero-order valence-electron chi connectivity index (χ0n) is 17.8. The van der Waals surface area contributed by atoms with Crippen molar-refractivity contribution < 1.29 is 21.8 Å². The van der Waals surface area contributed by atoms with E-state index in [0.717, 1.165) is 25.8 Å². The van der Waals surface area contributed by atoms with Crippen molar-refractivity contribution in [2.75, 3.05) is 49.8 Å². The highest BCUT2D eigenvalue weighted by Crippen LogP contribution is 2.32. The van der Waals surface area contributed by atoms with Gasteiger partial charge in [-0.25, -0.2) is 4.39 Å². The summed E-state index contributed by atoms with van der Waals surface area (Å²) in [6.45, 7) is 1.95. The Morgan fingerprint density at radius 3 is 2.55 bits per heavy atom. The monoisotopic (exact) mass is 447 g/mol. The van der Waals surface area contributed by atoms with Gasteiger partial charge in [0, 0.05) is 36.9 Å². The maximum absolute atomic E-state index is 15.0. The number of hydrogen-bond donors (Lipinski definition) is 0. The van der Waals surface area contributed by atoms with E-state index in [4.69, 9.17) is 4.18 Å². The minimum Gasteiger partial charge on any atom is -0.383 e. The Kier molecular flexibility index (Phi) is 5.65. The van der Waals surface area contributed by atoms with Crippen LogP contribution >= 0.6 is 0 Å². The number of rotatable bonds is 5. The standard InChI is InChI=1S/C22H26FN3O4S/c1-24(2)17-9-10-25(14-17)21-7-4-16(13-20(21)23)26-11-8-15-12-18(30-31(3,28)29)5-6-19(15)22(26)27/h4-7,12-13,17H,8-11,14H2,1-3H3/t17-/m1/s1. The molecule has 0 spiro atoms. The summed E-state index contributed by atoms with van der Waals surface area (Å²) in [4.78, 5) is 18.8. The van der Waals surface area contributed by atoms with Crippen LogP contribution in [0.3, 0.4) is 0 Å². The minimum atomic E-state index is -3.64. The van der Waals surface area contributed by atoms with E-state index in [2.05, 4.69) is 4.90 Å². The Morgan fingerprint density at radius 1 is 1.13 bits per heavy atom. The largest absolute Gasteiger partial charge is 0.383 e. The van der Waals surface area contributed by atoms with E-state index in [1.54, 1.807) is 29.2 Å². The second-order valence-electron chi connectivity index (χ2n) is 8.30. The lowest BCUT2D eigenvalue weighted by atomic mass is 9.98. The topological polar surface area (TPSA) is 70.2 Å². The summed E-state index contributed by atoms with van der Waals surface area (Å²) in [7, 11) is 0.424. The minimum absolute atomic E-state index is 0.180. The molecule has 2 aromatic rings. The molecule has 0 N–H and O–H groups in total. The first kappa shape index (κ1) is 21.6. The van der Waals surface area contributed by atoms with Crippen LogP contribution in [0.1, 0.15) is 22.3 Å². The predicted octanol–water partition coefficient (Wildman–Crippen LogP) is 2.51. The maximum Gasteiger partial charge on any atom is 0.306 e. The Hall–Kier alpha value is -2.65. The highest BCUT2D eigenvalue weighted by atomic mass is 32.2. The first-order valence-corrected chi connectivity index (χ1v) is 12.0. The van der Waals surface area contributed by atoms with Crippen molar-refractivity contribution in [1.29, 1.82) is 0 Å². The van der Waals surface area contributed by atoms with Crippen LogP contribution in [-0.4, -0.2) is 65.3 Å². The van der Waals surface area contributed by atoms with Crippen molar-refractivity contribution in [3.63, 3.8) is 0 Å². The average Bonchev–Trinajstić information content (AvgIpc) is 3.17. The van der Waals surface area contributed by atoms with Crippen LogP contribution in [0.2, 0.25) is 0 Å². The van der Waals surface area contributed by atoms with E-state index in [9.17, 15) is 17.6 Å². The number of benzene rings is 2. The van der Waals surface area contributed by atoms with Gasteiger partial charge in [0.05, 0.1) is 11.9 Å². The predicted molar refractivity (Wildman–Crippen MR) is 118 cm³/mol. The molecule has 166 valence electrons. The molecule has 9 heteroatoms. The number of carbonyl (C=O) groups excluding carboxylic acids is 1. The number of carbonyl (C=O) groups is 1. The number of fused-ring (bicyclic) bond motifs is 1. The van der Waals surface area contributed by atoms with Crippen molar-refractivity contribution in [3.05, 3.63) is 53.3 Å². The third-order valence-corrected chi connectivity index (χ3v) is 6.38. The van der Waals surface area contributed by atoms with Gasteiger partial charge in [-0.15, -0.1) is 0 Å². The van der Waals surface area contributed by atoms with E-state index in [1.165, 1.54) is 12.1 Å². The van der Waals surface area contributed by atoms with Gasteiger partial charge in [0.25, 0.3) is 5.91 Å². The van der Waals surface area contributed by atoms with Crippen molar-refractivity contribution in [3.8, 4) is 5.75 Å². The van der Waals surface area contributed by atoms with E-state index >= 15 is 0 Å². The molecule has 2 aliphatic rings. The third-order valence-electron chi connectivity index (χ3n) is 5.88. The lowest BCUT2D eigenvalue weighted by Crippen LogP contribution is -2.37. The van der Waals surface area contributed by atoms with Crippen molar-refractivity contribution in [2.24, 2.45) is 0 Å². The summed E-state index contributed by atoms with van der Waals surface area (Å²) in [5.41, 5.74) is 2.24. The number of nitrogens with zero attached hydrogens (tertiary/aromatic N) is 3. The smallest absolute Gasteiger partial charge is 0.306 e. The fourth-order valence-electron chi connectivity index (χ4n) is 4.24. The van der Waals surface area contributed by atoms with Gasteiger partial charge in [0.1, 0.15) is 11.6 Å². The molecule has 2 heterocycles. The number of halogens is 1. The molecule has 4 rings (SSSR count). The molecule has 2 aliphatic heterocycles. The highest BCUT2D eigenvalue weighted by molar-refractivity contribution is 7.86. The Morgan fingerprint density at radius 2 is 1.90 bits per heavy atom. The van der Waals surface area contributed by atoms with Gasteiger partial charge in [-0.05, 0) is 68.9 Å². The van der Waals surface area contributed by atoms with Crippen LogP contribution in [0.15, 0.2) is 36.4 Å². The van der Waals surface area contributed by atoms with Crippen LogP contribution in [0.25, 0.3) is 0 Å². The third kappa shape index (κ3) is 4.52. The van der Waals surface area contributed by atoms with Crippen LogP contribution < -0.4 is 14.0 Å². The van der Waals surface area contributed by atoms with Gasteiger partial charge in [-0.3, -0.25) is 4.79 Å². The van der Waals surface area contributed by atoms with Gasteiger partial charge in [-0.1, -0.05) is 0 Å². The van der Waals surface area contributed by atoms with E-state index in [-0.39, 0.29) is 17.5 Å². The molecular weight excluding hydrogens is 421 g/mol. The first-order valence-electron chi connectivity index (χ1n) is 10.2. The SMILES string of the molecule is CN(C)[C@@H]1CCN(c2ccc(N3CCc4cc(OS(C)(=O)=O)ccc4C3=O)cc2F)C1. The van der Waals surface area contributed by atoms with E-state index in [0.29, 0.717) is 41.5 Å². The molecule has 1 amide bonds. The number of hydrogen-bond acceptors (Lipinski definition) is 6. The molecule has 0 saturated carbocycles. The summed E-state index contributed by atoms with van der Waals surface area (Å²) in [5, 5.41) is 0. The molecule has 0 unspecified atom stereocenters. The van der Waals surface area contributed by atoms with Crippen molar-refractivity contribution in [1.82, 2.24) is 4.90 Å². The summed E-state index contributed by atoms with van der Waals surface area (Å²) >= 11 is 0. The number of amides is 1. The number of anilines is 2. The van der Waals surface area contributed by atoms with E-state index < -0.39 is 10.1 Å². The van der Waals surface area contributed by atoms with Gasteiger partial charge < -0.3 is 18.9 Å². The zero-order chi connectivity index (χ0) is 22.3. The van der Waals surface area contributed by atoms with E-state index in [1.807, 2.05) is 19.0 Å². The molecule has 1 atom stereocenters. The number of likely N-dealkylation sites (N-methyl/N-ethyl adjacent to an activating group) is 1. The quantitative estimate of drug-likeness (QED) is 0.656. The highest BCUT2D eigenvalue weighted by Gasteiger charge is 2.29. The normalized spacial score (nSPS) is 19.1. The molecule has 0 aliphatic carbocycles. The van der Waals surface area contributed by atoms with Crippen LogP contribution in [0.4, 0.5) is 15.8 Å². The molecule has 7 nitrogen and oxygen atoms in total. The summed E-state index contributed by atoms with van der Waals surface area (Å²) in [5.74, 6) is -0.403. The lowest BCUT2D eigenvalue weighted by molar-refractivity contribution is 0.0980. The van der Waals surface area contributed by atoms with Crippen molar-refractivity contribution >= 4 is 27.4 Å².